The Labute approximate surface area is 196 Å². The van der Waals surface area contributed by atoms with Crippen molar-refractivity contribution in [2.24, 2.45) is 0 Å². The minimum Gasteiger partial charge on any atom is -0.335 e. The van der Waals surface area contributed by atoms with Crippen molar-refractivity contribution < 1.29 is 4.57 Å². The van der Waals surface area contributed by atoms with E-state index in [4.69, 9.17) is 0 Å². The van der Waals surface area contributed by atoms with Crippen LogP contribution in [0.2, 0.25) is 0 Å². The molecule has 0 radical (unpaired) electrons. The van der Waals surface area contributed by atoms with Gasteiger partial charge in [-0.3, -0.25) is 0 Å². The number of aromatic nitrogens is 1. The van der Waals surface area contributed by atoms with Crippen molar-refractivity contribution >= 4 is 34.4 Å². The monoisotopic (exact) mass is 439 g/mol. The first kappa shape index (κ1) is 21.1. The lowest BCUT2D eigenvalue weighted by atomic mass is 10.0. The van der Waals surface area contributed by atoms with Crippen LogP contribution in [0.25, 0.3) is 17.0 Å². The van der Waals surface area contributed by atoms with Gasteiger partial charge >= 0.3 is 0 Å². The van der Waals surface area contributed by atoms with Crippen LogP contribution in [0.1, 0.15) is 42.5 Å². The fraction of sp³-hybridized carbons (Fsp3) is 0.276. The predicted octanol–water partition coefficient (Wildman–Crippen LogP) is 7.12. The number of aryl methyl sites for hydroxylation is 4. The summed E-state index contributed by atoms with van der Waals surface area (Å²) in [6.07, 6.45) is 13.7. The van der Waals surface area contributed by atoms with E-state index in [1.807, 2.05) is 11.8 Å². The van der Waals surface area contributed by atoms with Gasteiger partial charge in [-0.05, 0) is 81.0 Å². The summed E-state index contributed by atoms with van der Waals surface area (Å²) in [5.41, 5.74) is 9.48. The number of thioether (sulfide) groups is 1. The molecule has 0 saturated carbocycles. The Morgan fingerprint density at radius 1 is 1.16 bits per heavy atom. The highest BCUT2D eigenvalue weighted by atomic mass is 32.2. The molecule has 0 N–H and O–H groups in total. The molecular weight excluding hydrogens is 408 g/mol. The number of allylic oxidation sites excluding steroid dienone is 4. The minimum atomic E-state index is 0.980. The number of para-hydroxylation sites is 1. The van der Waals surface area contributed by atoms with Crippen LogP contribution in [0.15, 0.2) is 76.3 Å². The zero-order valence-corrected chi connectivity index (χ0v) is 20.3. The Morgan fingerprint density at radius 2 is 2.00 bits per heavy atom. The standard InChI is InChI=1S/C29H31N2S/c1-5-30-17-15-23(25-18-21(3)22(4)19-26(25)30)13-11-20(2)12-14-28-31-16-7-9-24-8-6-10-27(32-28)29(24)31/h6,8,10-15,17-19H,5,7,9,16H2,1-4H3/q+1. The SMILES string of the molecule is CC[n+]1ccc(/C=C/C(C)=C/C=C2\Sc3cccc4c3N2CCC4)c2cc(C)c(C)cc21. The number of fused-ring (bicyclic) bond motifs is 1. The molecule has 162 valence electrons. The number of nitrogens with zero attached hydrogens (tertiary/aromatic N) is 2. The van der Waals surface area contributed by atoms with Gasteiger partial charge in [0.15, 0.2) is 6.20 Å². The summed E-state index contributed by atoms with van der Waals surface area (Å²) in [5, 5.41) is 2.67. The number of benzene rings is 2. The molecule has 0 unspecified atom stereocenters. The maximum Gasteiger partial charge on any atom is 0.213 e. The van der Waals surface area contributed by atoms with E-state index in [2.05, 4.69) is 104 Å². The van der Waals surface area contributed by atoms with Crippen LogP contribution in [0.5, 0.6) is 0 Å². The number of anilines is 1. The summed E-state index contributed by atoms with van der Waals surface area (Å²) < 4.78 is 2.33. The van der Waals surface area contributed by atoms with Crippen LogP contribution in [-0.4, -0.2) is 6.54 Å². The van der Waals surface area contributed by atoms with Crippen molar-refractivity contribution in [1.29, 1.82) is 0 Å². The van der Waals surface area contributed by atoms with Crippen molar-refractivity contribution in [2.75, 3.05) is 11.4 Å². The molecular formula is C29H31N2S+. The summed E-state index contributed by atoms with van der Waals surface area (Å²) in [5.74, 6) is 0. The summed E-state index contributed by atoms with van der Waals surface area (Å²) in [6, 6.07) is 13.6. The lowest BCUT2D eigenvalue weighted by Crippen LogP contribution is -2.32. The maximum absolute atomic E-state index is 2.51. The fourth-order valence-corrected chi connectivity index (χ4v) is 5.86. The second-order valence-electron chi connectivity index (χ2n) is 8.88. The van der Waals surface area contributed by atoms with Crippen molar-refractivity contribution in [1.82, 2.24) is 0 Å². The highest BCUT2D eigenvalue weighted by molar-refractivity contribution is 8.03. The molecule has 0 amide bonds. The molecule has 3 aromatic rings. The van der Waals surface area contributed by atoms with E-state index < -0.39 is 0 Å². The van der Waals surface area contributed by atoms with Crippen LogP contribution in [0, 0.1) is 13.8 Å². The van der Waals surface area contributed by atoms with Crippen LogP contribution in [0.4, 0.5) is 5.69 Å². The average Bonchev–Trinajstić information content (AvgIpc) is 3.16. The molecule has 0 aliphatic carbocycles. The first-order valence-electron chi connectivity index (χ1n) is 11.6. The van der Waals surface area contributed by atoms with E-state index in [0.717, 1.165) is 13.1 Å². The number of hydrogen-bond donors (Lipinski definition) is 0. The van der Waals surface area contributed by atoms with Crippen LogP contribution < -0.4 is 9.47 Å². The zero-order chi connectivity index (χ0) is 22.2. The second-order valence-corrected chi connectivity index (χ2v) is 9.94. The van der Waals surface area contributed by atoms with Crippen molar-refractivity contribution in [3.63, 3.8) is 0 Å². The lowest BCUT2D eigenvalue weighted by Gasteiger charge is -2.27. The van der Waals surface area contributed by atoms with Gasteiger partial charge in [0.1, 0.15) is 6.54 Å². The number of hydrogen-bond acceptors (Lipinski definition) is 2. The quantitative estimate of drug-likeness (QED) is 0.315. The molecule has 2 aliphatic heterocycles. The molecule has 1 aromatic heterocycles. The molecule has 0 fully saturated rings. The summed E-state index contributed by atoms with van der Waals surface area (Å²) in [6.45, 7) is 10.9. The van der Waals surface area contributed by atoms with E-state index in [0.29, 0.717) is 0 Å². The minimum absolute atomic E-state index is 0.980. The molecule has 32 heavy (non-hydrogen) atoms. The van der Waals surface area contributed by atoms with E-state index >= 15 is 0 Å². The van der Waals surface area contributed by atoms with Gasteiger partial charge in [-0.1, -0.05) is 47.7 Å². The van der Waals surface area contributed by atoms with E-state index in [-0.39, 0.29) is 0 Å². The third kappa shape index (κ3) is 3.80. The lowest BCUT2D eigenvalue weighted by molar-refractivity contribution is -0.667. The second kappa shape index (κ2) is 8.63. The van der Waals surface area contributed by atoms with Gasteiger partial charge in [0.25, 0.3) is 0 Å². The molecule has 0 bridgehead atoms. The van der Waals surface area contributed by atoms with Crippen molar-refractivity contribution in [3.8, 4) is 0 Å². The molecule has 2 nitrogen and oxygen atoms in total. The van der Waals surface area contributed by atoms with Gasteiger partial charge in [-0.15, -0.1) is 0 Å². The molecule has 3 heteroatoms. The molecule has 0 atom stereocenters. The van der Waals surface area contributed by atoms with Gasteiger partial charge in [0.05, 0.1) is 16.1 Å². The summed E-state index contributed by atoms with van der Waals surface area (Å²) in [4.78, 5) is 3.91. The highest BCUT2D eigenvalue weighted by Gasteiger charge is 2.29. The largest absolute Gasteiger partial charge is 0.335 e. The normalized spacial score (nSPS) is 17.1. The molecule has 5 rings (SSSR count). The van der Waals surface area contributed by atoms with Crippen LogP contribution in [0.3, 0.4) is 0 Å². The third-order valence-corrected chi connectivity index (χ3v) is 7.80. The summed E-state index contributed by atoms with van der Waals surface area (Å²) >= 11 is 1.90. The predicted molar refractivity (Wildman–Crippen MR) is 138 cm³/mol. The van der Waals surface area contributed by atoms with Crippen molar-refractivity contribution in [2.45, 2.75) is 52.0 Å². The van der Waals surface area contributed by atoms with Crippen LogP contribution in [-0.2, 0) is 13.0 Å². The Bertz CT molecular complexity index is 1300. The van der Waals surface area contributed by atoms with Crippen molar-refractivity contribution in [3.05, 3.63) is 93.7 Å². The van der Waals surface area contributed by atoms with Gasteiger partial charge in [0, 0.05) is 23.6 Å². The Balaban J connectivity index is 1.43. The smallest absolute Gasteiger partial charge is 0.213 e. The van der Waals surface area contributed by atoms with E-state index in [9.17, 15) is 0 Å². The Kier molecular flexibility index (Phi) is 5.69. The van der Waals surface area contributed by atoms with Gasteiger partial charge in [-0.2, -0.15) is 4.57 Å². The number of rotatable bonds is 4. The van der Waals surface area contributed by atoms with Gasteiger partial charge in [0.2, 0.25) is 5.52 Å². The Hall–Kier alpha value is -2.78. The van der Waals surface area contributed by atoms with Gasteiger partial charge < -0.3 is 4.90 Å². The average molecular weight is 440 g/mol. The topological polar surface area (TPSA) is 7.12 Å². The maximum atomic E-state index is 2.51. The molecule has 2 aliphatic rings. The Morgan fingerprint density at radius 3 is 2.84 bits per heavy atom. The molecule has 0 saturated heterocycles. The molecule has 2 aromatic carbocycles. The number of pyridine rings is 1. The summed E-state index contributed by atoms with van der Waals surface area (Å²) in [7, 11) is 0. The van der Waals surface area contributed by atoms with Crippen LogP contribution >= 0.6 is 11.8 Å². The first-order chi connectivity index (χ1) is 15.5. The molecule has 3 heterocycles. The van der Waals surface area contributed by atoms with E-state index in [1.165, 1.54) is 67.2 Å². The first-order valence-corrected chi connectivity index (χ1v) is 12.4. The third-order valence-electron chi connectivity index (χ3n) is 6.68. The molecule has 0 spiro atoms. The highest BCUT2D eigenvalue weighted by Crippen LogP contribution is 2.49. The van der Waals surface area contributed by atoms with E-state index in [1.54, 1.807) is 0 Å². The fourth-order valence-electron chi connectivity index (χ4n) is 4.72. The van der Waals surface area contributed by atoms with Gasteiger partial charge in [-0.25, -0.2) is 0 Å². The zero-order valence-electron chi connectivity index (χ0n) is 19.5.